The molecule has 23 heavy (non-hydrogen) atoms. The third-order valence-electron chi connectivity index (χ3n) is 4.38. The Morgan fingerprint density at radius 3 is 2.78 bits per heavy atom. The number of aromatic nitrogens is 2. The van der Waals surface area contributed by atoms with Crippen molar-refractivity contribution in [2.75, 3.05) is 19.6 Å². The fraction of sp³-hybridized carbons (Fsp3) is 0.529. The van der Waals surface area contributed by atoms with Crippen LogP contribution >= 0.6 is 0 Å². The zero-order chi connectivity index (χ0) is 16.1. The smallest absolute Gasteiger partial charge is 0.257 e. The van der Waals surface area contributed by atoms with Gasteiger partial charge in [-0.15, -0.1) is 0 Å². The number of aryl methyl sites for hydroxylation is 1. The standard InChI is InChI=1S/C17H25N5O/c1-3-16-20-17(23-22-16)14-6-4-13(5-7-14)8-9-18-10-15-11-19-21-12(15)2/h4-7,12,15,18-19,21H,3,8-11H2,1-2H3. The molecule has 3 N–H and O–H groups in total. The highest BCUT2D eigenvalue weighted by atomic mass is 16.5. The summed E-state index contributed by atoms with van der Waals surface area (Å²) in [4.78, 5) is 4.35. The summed E-state index contributed by atoms with van der Waals surface area (Å²) < 4.78 is 5.26. The summed E-state index contributed by atoms with van der Waals surface area (Å²) in [5.74, 6) is 2.00. The minimum atomic E-state index is 0.532. The lowest BCUT2D eigenvalue weighted by Crippen LogP contribution is -2.33. The number of rotatable bonds is 7. The monoisotopic (exact) mass is 315 g/mol. The maximum Gasteiger partial charge on any atom is 0.257 e. The topological polar surface area (TPSA) is 75.0 Å². The molecule has 1 saturated heterocycles. The van der Waals surface area contributed by atoms with Crippen LogP contribution in [0.1, 0.15) is 25.2 Å². The lowest BCUT2D eigenvalue weighted by molar-refractivity contribution is 0.423. The zero-order valence-corrected chi connectivity index (χ0v) is 13.8. The third kappa shape index (κ3) is 4.16. The molecular weight excluding hydrogens is 290 g/mol. The molecule has 1 aliphatic heterocycles. The van der Waals surface area contributed by atoms with Gasteiger partial charge in [0, 0.05) is 37.0 Å². The first kappa shape index (κ1) is 16.1. The molecule has 2 atom stereocenters. The minimum Gasteiger partial charge on any atom is -0.334 e. The van der Waals surface area contributed by atoms with Gasteiger partial charge in [0.05, 0.1) is 0 Å². The van der Waals surface area contributed by atoms with Gasteiger partial charge < -0.3 is 9.84 Å². The van der Waals surface area contributed by atoms with Crippen molar-refractivity contribution in [3.8, 4) is 11.5 Å². The fourth-order valence-corrected chi connectivity index (χ4v) is 2.74. The van der Waals surface area contributed by atoms with E-state index in [2.05, 4.69) is 57.5 Å². The number of hydrogen-bond acceptors (Lipinski definition) is 6. The molecule has 6 nitrogen and oxygen atoms in total. The lowest BCUT2D eigenvalue weighted by atomic mass is 10.0. The van der Waals surface area contributed by atoms with Gasteiger partial charge in [-0.3, -0.25) is 10.9 Å². The Morgan fingerprint density at radius 1 is 1.30 bits per heavy atom. The van der Waals surface area contributed by atoms with Crippen molar-refractivity contribution in [2.24, 2.45) is 5.92 Å². The van der Waals surface area contributed by atoms with Gasteiger partial charge >= 0.3 is 0 Å². The molecule has 1 fully saturated rings. The molecule has 0 amide bonds. The number of hydrogen-bond donors (Lipinski definition) is 3. The minimum absolute atomic E-state index is 0.532. The Labute approximate surface area is 137 Å². The molecule has 0 radical (unpaired) electrons. The molecule has 0 spiro atoms. The average molecular weight is 315 g/mol. The van der Waals surface area contributed by atoms with E-state index in [1.165, 1.54) is 5.56 Å². The number of hydrazine groups is 1. The van der Waals surface area contributed by atoms with E-state index >= 15 is 0 Å². The highest BCUT2D eigenvalue weighted by Gasteiger charge is 2.21. The first-order valence-corrected chi connectivity index (χ1v) is 8.37. The summed E-state index contributed by atoms with van der Waals surface area (Å²) in [5, 5.41) is 7.47. The molecule has 3 rings (SSSR count). The second kappa shape index (κ2) is 7.68. The van der Waals surface area contributed by atoms with Gasteiger partial charge in [0.1, 0.15) is 0 Å². The summed E-state index contributed by atoms with van der Waals surface area (Å²) >= 11 is 0. The fourth-order valence-electron chi connectivity index (χ4n) is 2.74. The largest absolute Gasteiger partial charge is 0.334 e. The molecule has 1 aromatic carbocycles. The van der Waals surface area contributed by atoms with Crippen molar-refractivity contribution in [3.05, 3.63) is 35.7 Å². The molecule has 6 heteroatoms. The van der Waals surface area contributed by atoms with Crippen molar-refractivity contribution in [1.82, 2.24) is 26.3 Å². The number of benzene rings is 1. The summed E-state index contributed by atoms with van der Waals surface area (Å²) in [6, 6.07) is 8.90. The van der Waals surface area contributed by atoms with Crippen LogP contribution in [0.15, 0.2) is 28.8 Å². The highest BCUT2D eigenvalue weighted by Crippen LogP contribution is 2.18. The van der Waals surface area contributed by atoms with E-state index in [1.807, 2.05) is 6.92 Å². The average Bonchev–Trinajstić information content (AvgIpc) is 3.21. The summed E-state index contributed by atoms with van der Waals surface area (Å²) in [6.07, 6.45) is 1.81. The normalized spacial score (nSPS) is 21.0. The van der Waals surface area contributed by atoms with Crippen molar-refractivity contribution in [3.63, 3.8) is 0 Å². The second-order valence-electron chi connectivity index (χ2n) is 6.09. The Morgan fingerprint density at radius 2 is 2.13 bits per heavy atom. The van der Waals surface area contributed by atoms with Crippen molar-refractivity contribution < 1.29 is 4.52 Å². The van der Waals surface area contributed by atoms with Gasteiger partial charge in [0.15, 0.2) is 5.82 Å². The molecule has 1 aliphatic rings. The predicted molar refractivity (Wildman–Crippen MR) is 89.8 cm³/mol. The molecule has 1 aromatic heterocycles. The maximum absolute atomic E-state index is 5.26. The van der Waals surface area contributed by atoms with Crippen LogP contribution in [0.3, 0.4) is 0 Å². The second-order valence-corrected chi connectivity index (χ2v) is 6.09. The molecule has 2 heterocycles. The Balaban J connectivity index is 1.46. The Hall–Kier alpha value is -1.76. The van der Waals surface area contributed by atoms with Crippen LogP contribution in [0, 0.1) is 5.92 Å². The molecular formula is C17H25N5O. The van der Waals surface area contributed by atoms with Crippen LogP contribution in [-0.4, -0.2) is 35.8 Å². The quantitative estimate of drug-likeness (QED) is 0.673. The van der Waals surface area contributed by atoms with Crippen LogP contribution in [0.2, 0.25) is 0 Å². The SMILES string of the molecule is CCc1noc(-c2ccc(CCNCC3CNNC3C)cc2)n1. The molecule has 0 aliphatic carbocycles. The molecule has 2 aromatic rings. The Bertz CT molecular complexity index is 610. The van der Waals surface area contributed by atoms with Crippen molar-refractivity contribution >= 4 is 0 Å². The first-order chi connectivity index (χ1) is 11.3. The lowest BCUT2D eigenvalue weighted by Gasteiger charge is -2.14. The van der Waals surface area contributed by atoms with Crippen molar-refractivity contribution in [2.45, 2.75) is 32.7 Å². The van der Waals surface area contributed by atoms with Gasteiger partial charge in [0.2, 0.25) is 0 Å². The van der Waals surface area contributed by atoms with Crippen LogP contribution in [-0.2, 0) is 12.8 Å². The molecule has 2 unspecified atom stereocenters. The van der Waals surface area contributed by atoms with Gasteiger partial charge in [-0.25, -0.2) is 0 Å². The van der Waals surface area contributed by atoms with Crippen LogP contribution in [0.4, 0.5) is 0 Å². The van der Waals surface area contributed by atoms with Gasteiger partial charge in [0.25, 0.3) is 5.89 Å². The Kier molecular flexibility index (Phi) is 5.38. The van der Waals surface area contributed by atoms with Crippen molar-refractivity contribution in [1.29, 1.82) is 0 Å². The zero-order valence-electron chi connectivity index (χ0n) is 13.8. The summed E-state index contributed by atoms with van der Waals surface area (Å²) in [6.45, 7) is 7.30. The van der Waals surface area contributed by atoms with E-state index in [1.54, 1.807) is 0 Å². The van der Waals surface area contributed by atoms with Gasteiger partial charge in [-0.2, -0.15) is 4.98 Å². The van der Waals surface area contributed by atoms with E-state index in [-0.39, 0.29) is 0 Å². The van der Waals surface area contributed by atoms with E-state index < -0.39 is 0 Å². The van der Waals surface area contributed by atoms with E-state index in [0.29, 0.717) is 17.9 Å². The maximum atomic E-state index is 5.26. The van der Waals surface area contributed by atoms with Crippen LogP contribution in [0.5, 0.6) is 0 Å². The molecule has 0 bridgehead atoms. The number of nitrogens with one attached hydrogen (secondary N) is 3. The van der Waals surface area contributed by atoms with E-state index in [9.17, 15) is 0 Å². The number of nitrogens with zero attached hydrogens (tertiary/aromatic N) is 2. The highest BCUT2D eigenvalue weighted by molar-refractivity contribution is 5.53. The third-order valence-corrected chi connectivity index (χ3v) is 4.38. The summed E-state index contributed by atoms with van der Waals surface area (Å²) in [7, 11) is 0. The summed E-state index contributed by atoms with van der Waals surface area (Å²) in [5.41, 5.74) is 8.73. The molecule has 124 valence electrons. The van der Waals surface area contributed by atoms with Gasteiger partial charge in [-0.1, -0.05) is 24.2 Å². The molecule has 0 saturated carbocycles. The van der Waals surface area contributed by atoms with Crippen LogP contribution < -0.4 is 16.2 Å². The van der Waals surface area contributed by atoms with Crippen LogP contribution in [0.25, 0.3) is 11.5 Å². The predicted octanol–water partition coefficient (Wildman–Crippen LogP) is 1.54. The first-order valence-electron chi connectivity index (χ1n) is 8.37. The van der Waals surface area contributed by atoms with E-state index in [0.717, 1.165) is 43.9 Å². The van der Waals surface area contributed by atoms with Gasteiger partial charge in [-0.05, 0) is 37.6 Å². The van der Waals surface area contributed by atoms with E-state index in [4.69, 9.17) is 4.52 Å².